The molecular formula is C29H45NO11. The molecule has 3 unspecified atom stereocenters. The van der Waals surface area contributed by atoms with E-state index in [2.05, 4.69) is 0 Å². The molecule has 41 heavy (non-hydrogen) atoms. The largest absolute Gasteiger partial charge is 0.514 e. The maximum absolute atomic E-state index is 12.6. The van der Waals surface area contributed by atoms with Crippen LogP contribution < -0.4 is 15.2 Å². The highest BCUT2D eigenvalue weighted by molar-refractivity contribution is 5.75. The van der Waals surface area contributed by atoms with Crippen LogP contribution in [-0.4, -0.2) is 59.5 Å². The van der Waals surface area contributed by atoms with Gasteiger partial charge >= 0.3 is 24.4 Å². The maximum Gasteiger partial charge on any atom is 0.514 e. The van der Waals surface area contributed by atoms with E-state index < -0.39 is 53.5 Å². The van der Waals surface area contributed by atoms with Crippen molar-refractivity contribution in [3.8, 4) is 11.5 Å². The van der Waals surface area contributed by atoms with E-state index in [0.29, 0.717) is 24.8 Å². The fraction of sp³-hybridized carbons (Fsp3) is 0.655. The lowest BCUT2D eigenvalue weighted by Gasteiger charge is -2.28. The third-order valence-electron chi connectivity index (χ3n) is 6.78. The highest BCUT2D eigenvalue weighted by Crippen LogP contribution is 2.36. The van der Waals surface area contributed by atoms with Gasteiger partial charge < -0.3 is 39.3 Å². The second-order valence-electron chi connectivity index (χ2n) is 11.1. The molecule has 1 rings (SSSR count). The van der Waals surface area contributed by atoms with Crippen molar-refractivity contribution in [3.63, 3.8) is 0 Å². The Morgan fingerprint density at radius 3 is 1.83 bits per heavy atom. The van der Waals surface area contributed by atoms with Gasteiger partial charge in [-0.25, -0.2) is 14.4 Å². The van der Waals surface area contributed by atoms with Crippen molar-refractivity contribution in [2.75, 3.05) is 6.61 Å². The van der Waals surface area contributed by atoms with Crippen molar-refractivity contribution in [2.24, 2.45) is 11.7 Å². The molecule has 0 aromatic heterocycles. The number of hydrogen-bond acceptors (Lipinski definition) is 11. The van der Waals surface area contributed by atoms with E-state index in [1.165, 1.54) is 18.2 Å². The lowest BCUT2D eigenvalue weighted by molar-refractivity contribution is -0.139. The van der Waals surface area contributed by atoms with Crippen LogP contribution in [0, 0.1) is 5.92 Å². The first-order chi connectivity index (χ1) is 18.9. The molecule has 0 saturated heterocycles. The second-order valence-corrected chi connectivity index (χ2v) is 11.1. The zero-order chi connectivity index (χ0) is 31.5. The smallest absolute Gasteiger partial charge is 0.480 e. The van der Waals surface area contributed by atoms with Crippen molar-refractivity contribution in [1.29, 1.82) is 0 Å². The minimum atomic E-state index is -1.43. The van der Waals surface area contributed by atoms with Gasteiger partial charge in [-0.1, -0.05) is 33.8 Å². The molecule has 0 spiro atoms. The van der Waals surface area contributed by atoms with Crippen LogP contribution in [0.4, 0.5) is 14.4 Å². The molecule has 12 nitrogen and oxygen atoms in total. The first kappa shape index (κ1) is 35.5. The van der Waals surface area contributed by atoms with E-state index in [9.17, 15) is 24.3 Å². The van der Waals surface area contributed by atoms with Gasteiger partial charge in [-0.05, 0) is 77.5 Å². The first-order valence-electron chi connectivity index (χ1n) is 13.7. The average Bonchev–Trinajstić information content (AvgIpc) is 2.88. The topological polar surface area (TPSA) is 170 Å². The number of rotatable bonds is 14. The number of carboxylic acid groups (broad SMARTS) is 1. The summed E-state index contributed by atoms with van der Waals surface area (Å²) in [6.45, 7) is 15.5. The Labute approximate surface area is 241 Å². The summed E-state index contributed by atoms with van der Waals surface area (Å²) < 4.78 is 31.8. The molecule has 1 aromatic carbocycles. The minimum Gasteiger partial charge on any atom is -0.480 e. The molecule has 0 heterocycles. The van der Waals surface area contributed by atoms with Gasteiger partial charge in [0.25, 0.3) is 0 Å². The molecule has 0 amide bonds. The lowest BCUT2D eigenvalue weighted by atomic mass is 9.82. The quantitative estimate of drug-likeness (QED) is 0.145. The molecule has 1 aromatic rings. The number of ether oxygens (including phenoxy) is 6. The van der Waals surface area contributed by atoms with Crippen molar-refractivity contribution in [3.05, 3.63) is 23.8 Å². The molecule has 12 heteroatoms. The molecule has 0 aliphatic carbocycles. The highest BCUT2D eigenvalue weighted by Gasteiger charge is 2.34. The summed E-state index contributed by atoms with van der Waals surface area (Å²) >= 11 is 0. The SMILES string of the molecule is CCC(C)OC(=O)OCC(C)C(c1ccc(OC(=O)OC(C)(C)CC)c(OC(=O)OC(C)(C)CC)c1)[C@H](N)C(=O)O. The van der Waals surface area contributed by atoms with Gasteiger partial charge in [0.05, 0.1) is 6.61 Å². The molecule has 0 bridgehead atoms. The Morgan fingerprint density at radius 1 is 0.854 bits per heavy atom. The van der Waals surface area contributed by atoms with Crippen LogP contribution in [0.5, 0.6) is 11.5 Å². The van der Waals surface area contributed by atoms with Crippen LogP contribution in [-0.2, 0) is 23.7 Å². The second kappa shape index (κ2) is 15.5. The summed E-state index contributed by atoms with van der Waals surface area (Å²) in [7, 11) is 0. The van der Waals surface area contributed by atoms with Gasteiger partial charge in [-0.3, -0.25) is 4.79 Å². The van der Waals surface area contributed by atoms with Crippen molar-refractivity contribution >= 4 is 24.4 Å². The van der Waals surface area contributed by atoms with Crippen LogP contribution in [0.3, 0.4) is 0 Å². The van der Waals surface area contributed by atoms with E-state index in [4.69, 9.17) is 34.2 Å². The molecule has 0 aliphatic heterocycles. The number of nitrogens with two attached hydrogens (primary N) is 1. The zero-order valence-corrected chi connectivity index (χ0v) is 25.5. The fourth-order valence-electron chi connectivity index (χ4n) is 3.34. The van der Waals surface area contributed by atoms with Crippen LogP contribution in [0.25, 0.3) is 0 Å². The predicted octanol–water partition coefficient (Wildman–Crippen LogP) is 6.18. The predicted molar refractivity (Wildman–Crippen MR) is 149 cm³/mol. The molecule has 0 aliphatic rings. The number of hydrogen-bond donors (Lipinski definition) is 2. The summed E-state index contributed by atoms with van der Waals surface area (Å²) in [6, 6.07) is 2.70. The minimum absolute atomic E-state index is 0.166. The summed E-state index contributed by atoms with van der Waals surface area (Å²) in [5.74, 6) is -3.24. The Hall–Kier alpha value is -3.54. The Bertz CT molecular complexity index is 1050. The third kappa shape index (κ3) is 11.8. The molecule has 4 atom stereocenters. The summed E-state index contributed by atoms with van der Waals surface area (Å²) in [5, 5.41) is 9.72. The molecular weight excluding hydrogens is 538 g/mol. The molecule has 0 saturated carbocycles. The monoisotopic (exact) mass is 583 g/mol. The molecule has 0 fully saturated rings. The normalized spacial score (nSPS) is 14.6. The van der Waals surface area contributed by atoms with E-state index in [1.807, 2.05) is 20.8 Å². The Balaban J connectivity index is 3.42. The van der Waals surface area contributed by atoms with Gasteiger partial charge in [-0.15, -0.1) is 0 Å². The number of aliphatic carboxylic acids is 1. The molecule has 3 N–H and O–H groups in total. The number of carbonyl (C=O) groups excluding carboxylic acids is 3. The van der Waals surface area contributed by atoms with Gasteiger partial charge in [-0.2, -0.15) is 0 Å². The van der Waals surface area contributed by atoms with Gasteiger partial charge in [0.2, 0.25) is 0 Å². The van der Waals surface area contributed by atoms with Gasteiger partial charge in [0, 0.05) is 5.92 Å². The Kier molecular flexibility index (Phi) is 13.4. The first-order valence-corrected chi connectivity index (χ1v) is 13.7. The average molecular weight is 584 g/mol. The van der Waals surface area contributed by atoms with Crippen molar-refractivity contribution in [1.82, 2.24) is 0 Å². The van der Waals surface area contributed by atoms with Crippen LogP contribution in [0.2, 0.25) is 0 Å². The standard InChI is InChI=1S/C29H45NO11/c1-10-18(5)37-25(33)36-16-17(4)22(23(30)24(31)32)19-13-14-20(38-26(34)40-28(6,7)11-2)21(15-19)39-27(35)41-29(8,9)12-3/h13-15,17-18,22-23H,10-12,16,30H2,1-9H3,(H,31,32)/t17?,18?,22?,23-/m0/s1. The van der Waals surface area contributed by atoms with Crippen LogP contribution in [0.1, 0.15) is 93.1 Å². The zero-order valence-electron chi connectivity index (χ0n) is 25.5. The summed E-state index contributed by atoms with van der Waals surface area (Å²) in [4.78, 5) is 49.1. The van der Waals surface area contributed by atoms with Crippen molar-refractivity contribution < 1.29 is 52.7 Å². The number of carboxylic acids is 1. The van der Waals surface area contributed by atoms with Gasteiger partial charge in [0.1, 0.15) is 23.3 Å². The summed E-state index contributed by atoms with van der Waals surface area (Å²) in [5.41, 5.74) is 4.71. The maximum atomic E-state index is 12.6. The lowest BCUT2D eigenvalue weighted by Crippen LogP contribution is -2.40. The third-order valence-corrected chi connectivity index (χ3v) is 6.78. The van der Waals surface area contributed by atoms with E-state index >= 15 is 0 Å². The van der Waals surface area contributed by atoms with E-state index in [-0.39, 0.29) is 24.2 Å². The van der Waals surface area contributed by atoms with Crippen LogP contribution in [0.15, 0.2) is 18.2 Å². The van der Waals surface area contributed by atoms with Crippen molar-refractivity contribution in [2.45, 2.75) is 111 Å². The van der Waals surface area contributed by atoms with E-state index in [1.54, 1.807) is 41.5 Å². The number of benzene rings is 1. The van der Waals surface area contributed by atoms with E-state index in [0.717, 1.165) is 0 Å². The Morgan fingerprint density at radius 2 is 1.37 bits per heavy atom. The number of carbonyl (C=O) groups is 4. The summed E-state index contributed by atoms with van der Waals surface area (Å²) in [6.07, 6.45) is -1.73. The molecule has 0 radical (unpaired) electrons. The molecule has 232 valence electrons. The fourth-order valence-corrected chi connectivity index (χ4v) is 3.34. The van der Waals surface area contributed by atoms with Gasteiger partial charge in [0.15, 0.2) is 11.5 Å². The highest BCUT2D eigenvalue weighted by atomic mass is 16.8. The van der Waals surface area contributed by atoms with Crippen LogP contribution >= 0.6 is 0 Å².